The van der Waals surface area contributed by atoms with Crippen molar-refractivity contribution >= 4 is 11.6 Å². The Morgan fingerprint density at radius 3 is 2.18 bits per heavy atom. The van der Waals surface area contributed by atoms with E-state index in [1.165, 1.54) is 23.9 Å². The molecule has 0 radical (unpaired) electrons. The number of hydrogen-bond acceptors (Lipinski definition) is 5. The van der Waals surface area contributed by atoms with Crippen LogP contribution in [-0.2, 0) is 11.3 Å². The number of ether oxygens (including phenoxy) is 1. The van der Waals surface area contributed by atoms with Gasteiger partial charge in [0.25, 0.3) is 11.5 Å². The van der Waals surface area contributed by atoms with Gasteiger partial charge in [-0.3, -0.25) is 9.59 Å². The number of nitrogens with zero attached hydrogens (tertiary/aromatic N) is 3. The summed E-state index contributed by atoms with van der Waals surface area (Å²) in [6.07, 6.45) is 0. The lowest BCUT2D eigenvalue weighted by atomic mass is 10.0. The van der Waals surface area contributed by atoms with E-state index in [1.807, 2.05) is 60.7 Å². The average Bonchev–Trinajstić information content (AvgIpc) is 2.74. The summed E-state index contributed by atoms with van der Waals surface area (Å²) in [4.78, 5) is 24.3. The van der Waals surface area contributed by atoms with E-state index in [9.17, 15) is 9.59 Å². The zero-order valence-electron chi connectivity index (χ0n) is 15.4. The van der Waals surface area contributed by atoms with Crippen LogP contribution in [0.1, 0.15) is 21.6 Å². The molecule has 0 spiro atoms. The van der Waals surface area contributed by atoms with Gasteiger partial charge in [0.05, 0.1) is 18.9 Å². The van der Waals surface area contributed by atoms with Crippen LogP contribution in [0.4, 0.5) is 0 Å². The molecule has 1 heterocycles. The third-order valence-corrected chi connectivity index (χ3v) is 3.97. The largest absolute Gasteiger partial charge is 0.383 e. The molecule has 0 unspecified atom stereocenters. The second kappa shape index (κ2) is 9.38. The molecule has 0 aliphatic heterocycles. The molecule has 0 aliphatic rings. The lowest BCUT2D eigenvalue weighted by Gasteiger charge is -2.09. The molecule has 0 aliphatic carbocycles. The van der Waals surface area contributed by atoms with Crippen LogP contribution in [-0.4, -0.2) is 35.1 Å². The maximum Gasteiger partial charge on any atom is 0.291 e. The summed E-state index contributed by atoms with van der Waals surface area (Å²) in [7, 11) is 1.53. The number of nitrogens with one attached hydrogen (secondary N) is 1. The minimum absolute atomic E-state index is 0.0972. The van der Waals surface area contributed by atoms with Crippen molar-refractivity contribution in [2.45, 2.75) is 6.54 Å². The van der Waals surface area contributed by atoms with E-state index in [0.29, 0.717) is 12.3 Å². The summed E-state index contributed by atoms with van der Waals surface area (Å²) >= 11 is 0. The number of methoxy groups -OCH3 is 1. The molecule has 0 atom stereocenters. The zero-order valence-corrected chi connectivity index (χ0v) is 15.4. The number of carbonyl (C=O) groups excluding carboxylic acids is 1. The third-order valence-electron chi connectivity index (χ3n) is 3.97. The van der Waals surface area contributed by atoms with Crippen LogP contribution in [0, 0.1) is 0 Å². The van der Waals surface area contributed by atoms with Crippen LogP contribution >= 0.6 is 0 Å². The van der Waals surface area contributed by atoms with E-state index in [-0.39, 0.29) is 17.8 Å². The number of rotatable bonds is 7. The Balaban J connectivity index is 1.87. The number of aromatic nitrogens is 2. The first-order chi connectivity index (χ1) is 13.7. The molecule has 1 N–H and O–H groups in total. The van der Waals surface area contributed by atoms with Crippen molar-refractivity contribution < 1.29 is 9.53 Å². The Bertz CT molecular complexity index is 973. The van der Waals surface area contributed by atoms with Gasteiger partial charge in [-0.25, -0.2) is 10.1 Å². The van der Waals surface area contributed by atoms with Gasteiger partial charge in [0.2, 0.25) is 0 Å². The first kappa shape index (κ1) is 19.2. The molecule has 28 heavy (non-hydrogen) atoms. The van der Waals surface area contributed by atoms with Crippen molar-refractivity contribution in [2.24, 2.45) is 5.10 Å². The normalized spacial score (nSPS) is 10.3. The zero-order chi connectivity index (χ0) is 19.8. The highest BCUT2D eigenvalue weighted by Gasteiger charge is 2.11. The standard InChI is InChI=1S/C21H20N4O3/c1-28-15-14-25-19(26)13-12-18(24-25)21(27)23-22-20(16-8-4-2-5-9-16)17-10-6-3-7-11-17/h2-13H,14-15H2,1H3,(H,23,27). The lowest BCUT2D eigenvalue weighted by Crippen LogP contribution is -2.29. The fourth-order valence-electron chi connectivity index (χ4n) is 2.56. The van der Waals surface area contributed by atoms with Gasteiger partial charge in [-0.2, -0.15) is 10.2 Å². The number of hydrogen-bond donors (Lipinski definition) is 1. The SMILES string of the molecule is COCCn1nc(C(=O)NN=C(c2ccccc2)c2ccccc2)ccc1=O. The van der Waals surface area contributed by atoms with Gasteiger partial charge < -0.3 is 4.74 Å². The molecule has 7 nitrogen and oxygen atoms in total. The number of benzene rings is 2. The smallest absolute Gasteiger partial charge is 0.291 e. The van der Waals surface area contributed by atoms with Crippen molar-refractivity contribution in [2.75, 3.05) is 13.7 Å². The summed E-state index contributed by atoms with van der Waals surface area (Å²) in [6, 6.07) is 21.8. The molecule has 0 saturated heterocycles. The second-order valence-electron chi connectivity index (χ2n) is 5.91. The van der Waals surface area contributed by atoms with Crippen molar-refractivity contribution in [1.29, 1.82) is 0 Å². The molecule has 142 valence electrons. The minimum Gasteiger partial charge on any atom is -0.383 e. The first-order valence-electron chi connectivity index (χ1n) is 8.75. The van der Waals surface area contributed by atoms with Gasteiger partial charge in [0.15, 0.2) is 5.69 Å². The van der Waals surface area contributed by atoms with E-state index < -0.39 is 5.91 Å². The number of carbonyl (C=O) groups is 1. The van der Waals surface area contributed by atoms with Crippen LogP contribution in [0.3, 0.4) is 0 Å². The van der Waals surface area contributed by atoms with Crippen LogP contribution in [0.5, 0.6) is 0 Å². The van der Waals surface area contributed by atoms with Crippen LogP contribution in [0.15, 0.2) is 82.7 Å². The maximum absolute atomic E-state index is 12.5. The predicted octanol–water partition coefficient (Wildman–Crippen LogP) is 2.07. The van der Waals surface area contributed by atoms with E-state index in [4.69, 9.17) is 4.74 Å². The third kappa shape index (κ3) is 4.77. The predicted molar refractivity (Wildman–Crippen MR) is 106 cm³/mol. The summed E-state index contributed by atoms with van der Waals surface area (Å²) in [5, 5.41) is 8.40. The molecular formula is C21H20N4O3. The van der Waals surface area contributed by atoms with E-state index in [0.717, 1.165) is 11.1 Å². The van der Waals surface area contributed by atoms with Crippen molar-refractivity contribution in [3.63, 3.8) is 0 Å². The molecule has 2 aromatic carbocycles. The van der Waals surface area contributed by atoms with Crippen molar-refractivity contribution in [3.05, 3.63) is 100.0 Å². The average molecular weight is 376 g/mol. The lowest BCUT2D eigenvalue weighted by molar-refractivity contribution is 0.0946. The molecule has 0 bridgehead atoms. The first-order valence-corrected chi connectivity index (χ1v) is 8.75. The van der Waals surface area contributed by atoms with Gasteiger partial charge in [-0.1, -0.05) is 60.7 Å². The summed E-state index contributed by atoms with van der Waals surface area (Å²) in [5.41, 5.74) is 4.70. The van der Waals surface area contributed by atoms with E-state index >= 15 is 0 Å². The Labute approximate surface area is 162 Å². The maximum atomic E-state index is 12.5. The highest BCUT2D eigenvalue weighted by molar-refractivity contribution is 6.13. The van der Waals surface area contributed by atoms with Gasteiger partial charge >= 0.3 is 0 Å². The van der Waals surface area contributed by atoms with E-state index in [1.54, 1.807) is 0 Å². The second-order valence-corrected chi connectivity index (χ2v) is 5.91. The minimum atomic E-state index is -0.504. The van der Waals surface area contributed by atoms with Gasteiger partial charge in [-0.05, 0) is 6.07 Å². The molecule has 0 saturated carbocycles. The Morgan fingerprint density at radius 2 is 1.61 bits per heavy atom. The highest BCUT2D eigenvalue weighted by Crippen LogP contribution is 2.10. The Kier molecular flexibility index (Phi) is 6.43. The molecule has 3 aromatic rings. The Morgan fingerprint density at radius 1 is 1.00 bits per heavy atom. The van der Waals surface area contributed by atoms with Crippen molar-refractivity contribution in [3.8, 4) is 0 Å². The summed E-state index contributed by atoms with van der Waals surface area (Å²) in [5.74, 6) is -0.504. The van der Waals surface area contributed by atoms with Crippen LogP contribution in [0.2, 0.25) is 0 Å². The van der Waals surface area contributed by atoms with Gasteiger partial charge in [-0.15, -0.1) is 0 Å². The van der Waals surface area contributed by atoms with Crippen LogP contribution in [0.25, 0.3) is 0 Å². The molecule has 3 rings (SSSR count). The van der Waals surface area contributed by atoms with Gasteiger partial charge in [0, 0.05) is 24.3 Å². The fourth-order valence-corrected chi connectivity index (χ4v) is 2.56. The molecular weight excluding hydrogens is 356 g/mol. The Hall–Kier alpha value is -3.58. The topological polar surface area (TPSA) is 85.6 Å². The van der Waals surface area contributed by atoms with Crippen molar-refractivity contribution in [1.82, 2.24) is 15.2 Å². The number of hydrazone groups is 1. The van der Waals surface area contributed by atoms with Gasteiger partial charge in [0.1, 0.15) is 0 Å². The van der Waals surface area contributed by atoms with Crippen LogP contribution < -0.4 is 11.0 Å². The molecule has 7 heteroatoms. The molecule has 1 amide bonds. The highest BCUT2D eigenvalue weighted by atomic mass is 16.5. The summed E-state index contributed by atoms with van der Waals surface area (Å²) in [6.45, 7) is 0.585. The quantitative estimate of drug-likeness (QED) is 0.505. The summed E-state index contributed by atoms with van der Waals surface area (Å²) < 4.78 is 6.15. The monoisotopic (exact) mass is 376 g/mol. The molecule has 0 fully saturated rings. The van der Waals surface area contributed by atoms with E-state index in [2.05, 4.69) is 15.6 Å². The molecule has 1 aromatic heterocycles. The fraction of sp³-hybridized carbons (Fsp3) is 0.143. The number of amides is 1.